The van der Waals surface area contributed by atoms with Crippen LogP contribution in [-0.4, -0.2) is 10.9 Å². The Hall–Kier alpha value is -0.790. The van der Waals surface area contributed by atoms with Crippen molar-refractivity contribution in [2.45, 2.75) is 27.2 Å². The molecule has 10 heavy (non-hydrogen) atoms. The first-order chi connectivity index (χ1) is 4.45. The highest BCUT2D eigenvalue weighted by Crippen LogP contribution is 2.37. The van der Waals surface area contributed by atoms with Crippen LogP contribution in [0.1, 0.15) is 27.2 Å². The Morgan fingerprint density at radius 2 is 2.00 bits per heavy atom. The lowest BCUT2D eigenvalue weighted by molar-refractivity contribution is -0.115. The maximum atomic E-state index is 11.0. The van der Waals surface area contributed by atoms with Crippen molar-refractivity contribution in [3.8, 4) is 0 Å². The molecule has 0 aromatic rings. The molecule has 0 aliphatic heterocycles. The Balaban J connectivity index is 3.06. The summed E-state index contributed by atoms with van der Waals surface area (Å²) in [6.07, 6.45) is 0.449. The summed E-state index contributed by atoms with van der Waals surface area (Å²) in [5.41, 5.74) is 0.214. The van der Waals surface area contributed by atoms with Crippen LogP contribution < -0.4 is 0 Å². The van der Waals surface area contributed by atoms with Gasteiger partial charge in [0.2, 0.25) is 0 Å². The minimum absolute atomic E-state index is 0.0718. The van der Waals surface area contributed by atoms with E-state index in [4.69, 9.17) is 0 Å². The van der Waals surface area contributed by atoms with E-state index in [9.17, 15) is 9.90 Å². The Kier molecular flexibility index (Phi) is 1.35. The minimum Gasteiger partial charge on any atom is -0.511 e. The van der Waals surface area contributed by atoms with Crippen molar-refractivity contribution < 1.29 is 9.90 Å². The topological polar surface area (TPSA) is 37.3 Å². The molecule has 0 aromatic heterocycles. The molecule has 0 atom stereocenters. The summed E-state index contributed by atoms with van der Waals surface area (Å²) in [4.78, 5) is 11.0. The van der Waals surface area contributed by atoms with E-state index in [0.29, 0.717) is 12.0 Å². The number of allylic oxidation sites excluding steroid dienone is 2. The van der Waals surface area contributed by atoms with E-state index >= 15 is 0 Å². The van der Waals surface area contributed by atoms with Gasteiger partial charge in [-0.2, -0.15) is 0 Å². The molecule has 0 unspecified atom stereocenters. The molecule has 1 aliphatic rings. The molecule has 0 amide bonds. The van der Waals surface area contributed by atoms with Crippen LogP contribution in [0.15, 0.2) is 11.3 Å². The van der Waals surface area contributed by atoms with Crippen LogP contribution in [0.25, 0.3) is 0 Å². The summed E-state index contributed by atoms with van der Waals surface area (Å²) < 4.78 is 0. The van der Waals surface area contributed by atoms with Crippen molar-refractivity contribution in [3.05, 3.63) is 11.3 Å². The van der Waals surface area contributed by atoms with Gasteiger partial charge in [-0.1, -0.05) is 13.8 Å². The number of rotatable bonds is 0. The summed E-state index contributed by atoms with van der Waals surface area (Å²) in [5.74, 6) is 0.333. The zero-order valence-corrected chi connectivity index (χ0v) is 6.56. The number of Topliss-reactive ketones (excluding diaryl/α,β-unsaturated/α-hetero) is 1. The molecule has 0 bridgehead atoms. The number of aliphatic hydroxyl groups is 1. The second-order valence-electron chi connectivity index (χ2n) is 3.46. The van der Waals surface area contributed by atoms with E-state index in [2.05, 4.69) is 0 Å². The van der Waals surface area contributed by atoms with Gasteiger partial charge >= 0.3 is 0 Å². The van der Waals surface area contributed by atoms with Crippen LogP contribution >= 0.6 is 0 Å². The summed E-state index contributed by atoms with van der Waals surface area (Å²) in [5, 5.41) is 9.35. The molecule has 0 saturated heterocycles. The van der Waals surface area contributed by atoms with E-state index in [-0.39, 0.29) is 17.0 Å². The summed E-state index contributed by atoms with van der Waals surface area (Å²) >= 11 is 0. The molecule has 1 N–H and O–H groups in total. The zero-order valence-electron chi connectivity index (χ0n) is 6.56. The first-order valence-electron chi connectivity index (χ1n) is 3.38. The van der Waals surface area contributed by atoms with Crippen molar-refractivity contribution in [1.29, 1.82) is 0 Å². The van der Waals surface area contributed by atoms with Gasteiger partial charge in [-0.15, -0.1) is 0 Å². The number of hydrogen-bond acceptors (Lipinski definition) is 2. The Morgan fingerprint density at radius 1 is 1.50 bits per heavy atom. The van der Waals surface area contributed by atoms with E-state index in [1.165, 1.54) is 0 Å². The summed E-state index contributed by atoms with van der Waals surface area (Å²) in [6.45, 7) is 5.42. The van der Waals surface area contributed by atoms with Crippen LogP contribution in [0, 0.1) is 5.41 Å². The maximum absolute atomic E-state index is 11.0. The summed E-state index contributed by atoms with van der Waals surface area (Å²) in [7, 11) is 0. The Bertz CT molecular complexity index is 211. The molecule has 1 rings (SSSR count). The first-order valence-corrected chi connectivity index (χ1v) is 3.38. The number of aliphatic hydroxyl groups excluding tert-OH is 1. The highest BCUT2D eigenvalue weighted by atomic mass is 16.3. The standard InChI is InChI=1S/C8H12O2/c1-5-6(9)4-8(2,3)7(5)10/h10H,4H2,1-3H3. The monoisotopic (exact) mass is 140 g/mol. The van der Waals surface area contributed by atoms with Gasteiger partial charge in [0.1, 0.15) is 5.76 Å². The molecule has 2 heteroatoms. The molecule has 1 aliphatic carbocycles. The highest BCUT2D eigenvalue weighted by Gasteiger charge is 2.36. The second kappa shape index (κ2) is 1.84. The highest BCUT2D eigenvalue weighted by molar-refractivity contribution is 5.98. The number of hydrogen-bond donors (Lipinski definition) is 1. The Labute approximate surface area is 60.6 Å². The van der Waals surface area contributed by atoms with Crippen molar-refractivity contribution in [3.63, 3.8) is 0 Å². The number of carbonyl (C=O) groups is 1. The third kappa shape index (κ3) is 0.838. The Morgan fingerprint density at radius 3 is 2.10 bits per heavy atom. The van der Waals surface area contributed by atoms with Gasteiger partial charge in [0.15, 0.2) is 5.78 Å². The number of ketones is 1. The lowest BCUT2D eigenvalue weighted by atomic mass is 9.91. The molecule has 0 fully saturated rings. The minimum atomic E-state index is -0.318. The predicted octanol–water partition coefficient (Wildman–Crippen LogP) is 1.82. The van der Waals surface area contributed by atoms with Crippen LogP contribution in [0.3, 0.4) is 0 Å². The molecular formula is C8H12O2. The third-order valence-electron chi connectivity index (χ3n) is 2.02. The van der Waals surface area contributed by atoms with Gasteiger partial charge in [0.25, 0.3) is 0 Å². The quantitative estimate of drug-likeness (QED) is 0.557. The second-order valence-corrected chi connectivity index (χ2v) is 3.46. The predicted molar refractivity (Wildman–Crippen MR) is 38.7 cm³/mol. The average Bonchev–Trinajstić information content (AvgIpc) is 1.95. The molecule has 0 aromatic carbocycles. The molecule has 2 nitrogen and oxygen atoms in total. The fraction of sp³-hybridized carbons (Fsp3) is 0.625. The van der Waals surface area contributed by atoms with Gasteiger partial charge in [-0.05, 0) is 6.92 Å². The lowest BCUT2D eigenvalue weighted by Crippen LogP contribution is -2.10. The van der Waals surface area contributed by atoms with Crippen LogP contribution in [-0.2, 0) is 4.79 Å². The summed E-state index contributed by atoms with van der Waals surface area (Å²) in [6, 6.07) is 0. The molecule has 0 saturated carbocycles. The third-order valence-corrected chi connectivity index (χ3v) is 2.02. The van der Waals surface area contributed by atoms with Gasteiger partial charge in [-0.3, -0.25) is 4.79 Å². The van der Waals surface area contributed by atoms with Gasteiger partial charge in [-0.25, -0.2) is 0 Å². The van der Waals surface area contributed by atoms with Crippen molar-refractivity contribution >= 4 is 5.78 Å². The SMILES string of the molecule is CC1=C(O)C(C)(C)CC1=O. The van der Waals surface area contributed by atoms with Crippen molar-refractivity contribution in [2.24, 2.45) is 5.41 Å². The molecule has 0 spiro atoms. The molecule has 0 heterocycles. The zero-order chi connectivity index (χ0) is 7.94. The molecule has 56 valence electrons. The maximum Gasteiger partial charge on any atom is 0.162 e. The fourth-order valence-corrected chi connectivity index (χ4v) is 1.26. The van der Waals surface area contributed by atoms with Crippen molar-refractivity contribution in [1.82, 2.24) is 0 Å². The normalized spacial score (nSPS) is 24.1. The number of carbonyl (C=O) groups excluding carboxylic acids is 1. The molecular weight excluding hydrogens is 128 g/mol. The van der Waals surface area contributed by atoms with Crippen LogP contribution in [0.5, 0.6) is 0 Å². The van der Waals surface area contributed by atoms with Crippen LogP contribution in [0.4, 0.5) is 0 Å². The fourth-order valence-electron chi connectivity index (χ4n) is 1.26. The van der Waals surface area contributed by atoms with E-state index < -0.39 is 0 Å². The van der Waals surface area contributed by atoms with E-state index in [0.717, 1.165) is 0 Å². The molecule has 0 radical (unpaired) electrons. The van der Waals surface area contributed by atoms with Gasteiger partial charge < -0.3 is 5.11 Å². The van der Waals surface area contributed by atoms with E-state index in [1.807, 2.05) is 13.8 Å². The lowest BCUT2D eigenvalue weighted by Gasteiger charge is -2.15. The smallest absolute Gasteiger partial charge is 0.162 e. The largest absolute Gasteiger partial charge is 0.511 e. The van der Waals surface area contributed by atoms with Crippen LogP contribution in [0.2, 0.25) is 0 Å². The van der Waals surface area contributed by atoms with Gasteiger partial charge in [0, 0.05) is 17.4 Å². The van der Waals surface area contributed by atoms with Crippen molar-refractivity contribution in [2.75, 3.05) is 0 Å². The van der Waals surface area contributed by atoms with E-state index in [1.54, 1.807) is 6.92 Å². The average molecular weight is 140 g/mol. The van der Waals surface area contributed by atoms with Gasteiger partial charge in [0.05, 0.1) is 0 Å². The first kappa shape index (κ1) is 7.32.